The molecule has 0 spiro atoms. The van der Waals surface area contributed by atoms with Gasteiger partial charge in [-0.1, -0.05) is 20.8 Å². The van der Waals surface area contributed by atoms with Gasteiger partial charge < -0.3 is 10.1 Å². The number of carbonyl (C=O) groups excluding carboxylic acids is 1. The Hall–Kier alpha value is 1.37. The van der Waals surface area contributed by atoms with Crippen molar-refractivity contribution in [2.24, 2.45) is 5.89 Å². The van der Waals surface area contributed by atoms with E-state index in [0.717, 1.165) is 0 Å². The van der Waals surface area contributed by atoms with Gasteiger partial charge in [-0.15, -0.1) is 0 Å². The van der Waals surface area contributed by atoms with Gasteiger partial charge in [0.15, 0.2) is 0 Å². The van der Waals surface area contributed by atoms with Crippen molar-refractivity contribution in [1.82, 2.24) is 5.32 Å². The predicted octanol–water partition coefficient (Wildman–Crippen LogP) is 1.16. The van der Waals surface area contributed by atoms with Crippen molar-refractivity contribution in [3.63, 3.8) is 0 Å². The van der Waals surface area contributed by atoms with Gasteiger partial charge in [-0.05, 0) is 19.9 Å². The molecule has 74 valence electrons. The molecular formula is C9H16NOUW-. The minimum absolute atomic E-state index is 0. The van der Waals surface area contributed by atoms with E-state index in [0.29, 0.717) is 0 Å². The van der Waals surface area contributed by atoms with Gasteiger partial charge in [0.1, 0.15) is 5.78 Å². The number of Topliss-reactive ketones (excluding diaryl/α,β-unsaturated/α-hetero) is 1. The van der Waals surface area contributed by atoms with E-state index in [-0.39, 0.29) is 64.0 Å². The molecule has 1 fully saturated rings. The zero-order chi connectivity index (χ0) is 9.57. The monoisotopic (exact) mass is 578 g/mol. The van der Waals surface area contributed by atoms with Crippen LogP contribution in [0.5, 0.6) is 0 Å². The summed E-state index contributed by atoms with van der Waals surface area (Å²) in [5.41, 5.74) is -0.601. The maximum Gasteiger partial charge on any atom is 0.119 e. The zero-order valence-corrected chi connectivity index (χ0v) is 15.6. The van der Waals surface area contributed by atoms with Crippen LogP contribution in [0.15, 0.2) is 0 Å². The van der Waals surface area contributed by atoms with E-state index < -0.39 is 11.4 Å². The third kappa shape index (κ3) is 3.78. The Labute approximate surface area is 120 Å². The summed E-state index contributed by atoms with van der Waals surface area (Å²) in [4.78, 5) is 11.2. The molecule has 1 aliphatic heterocycles. The van der Waals surface area contributed by atoms with E-state index in [9.17, 15) is 4.79 Å². The van der Waals surface area contributed by atoms with E-state index in [4.69, 9.17) is 1.37 Å². The molecular weight excluding hydrogens is 560 g/mol. The summed E-state index contributed by atoms with van der Waals surface area (Å²) in [6, 6.07) is 0.0337. The molecule has 1 saturated heterocycles. The molecule has 0 aromatic rings. The van der Waals surface area contributed by atoms with Crippen molar-refractivity contribution in [1.29, 1.82) is 0 Å². The van der Waals surface area contributed by atoms with Crippen LogP contribution in [-0.2, 0) is 25.9 Å². The topological polar surface area (TPSA) is 29.1 Å². The summed E-state index contributed by atoms with van der Waals surface area (Å²) in [5, 5.41) is 3.13. The molecule has 3 atom stereocenters. The fourth-order valence-corrected chi connectivity index (χ4v) is 1.39. The van der Waals surface area contributed by atoms with Crippen LogP contribution in [0.4, 0.5) is 0 Å². The average molecular weight is 578 g/mol. The van der Waals surface area contributed by atoms with E-state index >= 15 is 0 Å². The van der Waals surface area contributed by atoms with Crippen molar-refractivity contribution < 1.29 is 58.3 Å². The minimum Gasteiger partial charge on any atom is -0.333 e. The standard InChI is InChI=1S/C9H16NO.U.W/c1-6-5-9(4,8(3)11)10-7(6)2;;/h5-7,10H,1-4H3;;/q-1;;/i6T;;. The quantitative estimate of drug-likeness (QED) is 0.474. The second-order valence-electron chi connectivity index (χ2n) is 3.51. The molecule has 13 heavy (non-hydrogen) atoms. The third-order valence-electron chi connectivity index (χ3n) is 2.45. The first kappa shape index (κ1) is 14.4. The van der Waals surface area contributed by atoms with Gasteiger partial charge >= 0.3 is 0 Å². The molecule has 0 amide bonds. The number of ketones is 1. The van der Waals surface area contributed by atoms with E-state index in [1.165, 1.54) is 0 Å². The molecule has 0 radical (unpaired) electrons. The molecule has 3 unspecified atom stereocenters. The summed E-state index contributed by atoms with van der Waals surface area (Å²) in [6.45, 7) is 7.12. The van der Waals surface area contributed by atoms with Crippen molar-refractivity contribution in [3.8, 4) is 0 Å². The molecule has 0 aromatic carbocycles. The van der Waals surface area contributed by atoms with Gasteiger partial charge in [-0.2, -0.15) is 5.89 Å². The van der Waals surface area contributed by atoms with Crippen LogP contribution in [0.1, 0.15) is 29.1 Å². The number of nitrogens with one attached hydrogen (secondary N) is 1. The maximum absolute atomic E-state index is 11.2. The second-order valence-corrected chi connectivity index (χ2v) is 3.51. The van der Waals surface area contributed by atoms with Crippen LogP contribution >= 0.6 is 0 Å². The SMILES string of the molecule is [3H]C1(C)[CH-]C(C)(C(C)=O)NC1C.[U].[W]. The van der Waals surface area contributed by atoms with E-state index in [1.54, 1.807) is 13.3 Å². The van der Waals surface area contributed by atoms with Gasteiger partial charge in [-0.3, -0.25) is 6.42 Å². The van der Waals surface area contributed by atoms with E-state index in [2.05, 4.69) is 5.32 Å². The number of carbonyl (C=O) groups is 1. The van der Waals surface area contributed by atoms with Crippen molar-refractivity contribution in [2.45, 2.75) is 39.3 Å². The van der Waals surface area contributed by atoms with Gasteiger partial charge in [0, 0.05) is 52.2 Å². The normalized spacial score (nSPS) is 44.3. The first-order chi connectivity index (χ1) is 5.28. The van der Waals surface area contributed by atoms with Crippen LogP contribution in [0, 0.1) is 43.4 Å². The number of hydrogen-bond donors (Lipinski definition) is 1. The smallest absolute Gasteiger partial charge is 0.119 e. The second kappa shape index (κ2) is 6.06. The maximum atomic E-state index is 11.2. The molecule has 4 heteroatoms. The molecule has 1 N–H and O–H groups in total. The van der Waals surface area contributed by atoms with Crippen LogP contribution in [0.3, 0.4) is 0 Å². The van der Waals surface area contributed by atoms with Crippen LogP contribution < -0.4 is 5.32 Å². The summed E-state index contributed by atoms with van der Waals surface area (Å²) in [5.74, 6) is -0.564. The van der Waals surface area contributed by atoms with Crippen LogP contribution in [-0.4, -0.2) is 17.4 Å². The Morgan fingerprint density at radius 3 is 2.23 bits per heavy atom. The van der Waals surface area contributed by atoms with Crippen LogP contribution in [0.25, 0.3) is 0 Å². The molecule has 1 heterocycles. The predicted molar refractivity (Wildman–Crippen MR) is 45.1 cm³/mol. The van der Waals surface area contributed by atoms with Gasteiger partial charge in [0.05, 0.1) is 0 Å². The first-order valence-electron chi connectivity index (χ1n) is 4.44. The van der Waals surface area contributed by atoms with Gasteiger partial charge in [0.25, 0.3) is 0 Å². The van der Waals surface area contributed by atoms with Crippen molar-refractivity contribution in [3.05, 3.63) is 6.42 Å². The summed E-state index contributed by atoms with van der Waals surface area (Å²) < 4.78 is 7.87. The van der Waals surface area contributed by atoms with Crippen LogP contribution in [0.2, 0.25) is 0 Å². The minimum atomic E-state index is -0.638. The Kier molecular flexibility index (Phi) is 6.70. The fraction of sp³-hybridized carbons (Fsp3) is 0.778. The molecule has 0 aliphatic carbocycles. The summed E-state index contributed by atoms with van der Waals surface area (Å²) >= 11 is 0. The molecule has 1 rings (SSSR count). The summed E-state index contributed by atoms with van der Waals surface area (Å²) in [6.07, 6.45) is 1.78. The molecule has 0 saturated carbocycles. The molecule has 1 aliphatic rings. The van der Waals surface area contributed by atoms with Crippen molar-refractivity contribution >= 4 is 5.78 Å². The third-order valence-corrected chi connectivity index (χ3v) is 2.45. The fourth-order valence-electron chi connectivity index (χ4n) is 1.39. The number of rotatable bonds is 1. The Morgan fingerprint density at radius 1 is 1.62 bits per heavy atom. The molecule has 0 aromatic heterocycles. The Morgan fingerprint density at radius 2 is 2.08 bits per heavy atom. The van der Waals surface area contributed by atoms with E-state index in [1.807, 2.05) is 20.8 Å². The number of hydrogen-bond acceptors (Lipinski definition) is 2. The Bertz CT molecular complexity index is 225. The molecule has 2 nitrogen and oxygen atoms in total. The van der Waals surface area contributed by atoms with Gasteiger partial charge in [-0.25, -0.2) is 0 Å². The Balaban J connectivity index is 0. The molecule has 0 bridgehead atoms. The average Bonchev–Trinajstić information content (AvgIpc) is 2.03. The summed E-state index contributed by atoms with van der Waals surface area (Å²) in [7, 11) is 0. The first-order valence-corrected chi connectivity index (χ1v) is 3.94. The largest absolute Gasteiger partial charge is 0.333 e. The van der Waals surface area contributed by atoms with Crippen molar-refractivity contribution in [2.75, 3.05) is 0 Å². The zero-order valence-electron chi connectivity index (χ0n) is 9.47. The van der Waals surface area contributed by atoms with Gasteiger partial charge in [0.2, 0.25) is 0 Å².